The molecule has 4 rings (SSSR count). The summed E-state index contributed by atoms with van der Waals surface area (Å²) in [6, 6.07) is 10.7. The zero-order valence-electron chi connectivity index (χ0n) is 16.4. The van der Waals surface area contributed by atoms with Crippen molar-refractivity contribution < 1.29 is 9.59 Å². The third-order valence-corrected chi connectivity index (χ3v) is 6.95. The smallest absolute Gasteiger partial charge is 0.236 e. The van der Waals surface area contributed by atoms with Crippen molar-refractivity contribution >= 4 is 11.8 Å². The second-order valence-electron chi connectivity index (χ2n) is 8.76. The SMILES string of the molecule is CN1CC2(CCC1=O)CCN(C(=O)CN1CCC(c3ccccc3)C1)CC2. The lowest BCUT2D eigenvalue weighted by Crippen LogP contribution is -2.52. The standard InChI is InChI=1S/C22H31N3O2/c1-23-17-22(9-7-20(23)26)10-13-25(14-11-22)21(27)16-24-12-8-19(15-24)18-5-3-2-4-6-18/h2-6,19H,7-17H2,1H3. The first kappa shape index (κ1) is 18.5. The fraction of sp³-hybridized carbons (Fsp3) is 0.636. The third kappa shape index (κ3) is 4.03. The van der Waals surface area contributed by atoms with E-state index in [1.165, 1.54) is 5.56 Å². The summed E-state index contributed by atoms with van der Waals surface area (Å²) in [5.41, 5.74) is 1.63. The third-order valence-electron chi connectivity index (χ3n) is 6.95. The van der Waals surface area contributed by atoms with Crippen LogP contribution < -0.4 is 0 Å². The molecule has 0 aliphatic carbocycles. The molecule has 27 heavy (non-hydrogen) atoms. The minimum Gasteiger partial charge on any atom is -0.345 e. The van der Waals surface area contributed by atoms with Gasteiger partial charge in [-0.2, -0.15) is 0 Å². The summed E-state index contributed by atoms with van der Waals surface area (Å²) in [6.07, 6.45) is 4.86. The number of carbonyl (C=O) groups excluding carboxylic acids is 2. The highest BCUT2D eigenvalue weighted by molar-refractivity contribution is 5.79. The van der Waals surface area contributed by atoms with Crippen molar-refractivity contribution in [2.75, 3.05) is 46.3 Å². The number of nitrogens with zero attached hydrogens (tertiary/aromatic N) is 3. The molecule has 2 amide bonds. The van der Waals surface area contributed by atoms with E-state index in [0.29, 0.717) is 18.9 Å². The molecule has 1 aromatic carbocycles. The number of amides is 2. The molecule has 0 aromatic heterocycles. The van der Waals surface area contributed by atoms with Crippen molar-refractivity contribution in [1.82, 2.24) is 14.7 Å². The molecule has 0 N–H and O–H groups in total. The van der Waals surface area contributed by atoms with Gasteiger partial charge in [-0.3, -0.25) is 14.5 Å². The van der Waals surface area contributed by atoms with Gasteiger partial charge in [0.25, 0.3) is 0 Å². The van der Waals surface area contributed by atoms with E-state index >= 15 is 0 Å². The Morgan fingerprint density at radius 2 is 1.85 bits per heavy atom. The van der Waals surface area contributed by atoms with E-state index in [0.717, 1.165) is 58.4 Å². The molecule has 1 unspecified atom stereocenters. The lowest BCUT2D eigenvalue weighted by molar-refractivity contribution is -0.141. The van der Waals surface area contributed by atoms with Crippen LogP contribution in [0.25, 0.3) is 0 Å². The highest BCUT2D eigenvalue weighted by Gasteiger charge is 2.40. The average molecular weight is 370 g/mol. The summed E-state index contributed by atoms with van der Waals surface area (Å²) >= 11 is 0. The Morgan fingerprint density at radius 1 is 1.11 bits per heavy atom. The zero-order chi connectivity index (χ0) is 18.9. The molecule has 3 fully saturated rings. The van der Waals surface area contributed by atoms with Crippen LogP contribution in [0, 0.1) is 5.41 Å². The van der Waals surface area contributed by atoms with Crippen LogP contribution in [0.5, 0.6) is 0 Å². The number of carbonyl (C=O) groups is 2. The molecule has 1 spiro atoms. The lowest BCUT2D eigenvalue weighted by Gasteiger charge is -2.46. The van der Waals surface area contributed by atoms with E-state index in [1.807, 2.05) is 11.9 Å². The Morgan fingerprint density at radius 3 is 2.56 bits per heavy atom. The molecular weight excluding hydrogens is 338 g/mol. The van der Waals surface area contributed by atoms with Crippen molar-refractivity contribution in [3.63, 3.8) is 0 Å². The minimum atomic E-state index is 0.242. The van der Waals surface area contributed by atoms with Crippen molar-refractivity contribution in [2.24, 2.45) is 5.41 Å². The van der Waals surface area contributed by atoms with Crippen LogP contribution in [-0.4, -0.2) is 72.8 Å². The van der Waals surface area contributed by atoms with E-state index < -0.39 is 0 Å². The Labute approximate surface area is 162 Å². The van der Waals surface area contributed by atoms with Gasteiger partial charge in [-0.25, -0.2) is 0 Å². The molecule has 3 saturated heterocycles. The largest absolute Gasteiger partial charge is 0.345 e. The number of hydrogen-bond acceptors (Lipinski definition) is 3. The number of piperidine rings is 2. The van der Waals surface area contributed by atoms with Gasteiger partial charge in [-0.15, -0.1) is 0 Å². The Hall–Kier alpha value is -1.88. The summed E-state index contributed by atoms with van der Waals surface area (Å²) < 4.78 is 0. The van der Waals surface area contributed by atoms with Crippen molar-refractivity contribution in [3.8, 4) is 0 Å². The van der Waals surface area contributed by atoms with Crippen LogP contribution in [0.4, 0.5) is 0 Å². The first-order valence-corrected chi connectivity index (χ1v) is 10.3. The topological polar surface area (TPSA) is 43.9 Å². The zero-order valence-corrected chi connectivity index (χ0v) is 16.4. The molecule has 5 nitrogen and oxygen atoms in total. The van der Waals surface area contributed by atoms with Gasteiger partial charge in [-0.05, 0) is 49.1 Å². The molecule has 0 saturated carbocycles. The summed E-state index contributed by atoms with van der Waals surface area (Å²) in [5.74, 6) is 1.10. The molecular formula is C22H31N3O2. The maximum atomic E-state index is 12.8. The second kappa shape index (κ2) is 7.63. The quantitative estimate of drug-likeness (QED) is 0.821. The summed E-state index contributed by atoms with van der Waals surface area (Å²) in [5, 5.41) is 0. The van der Waals surface area contributed by atoms with Crippen LogP contribution in [0.15, 0.2) is 30.3 Å². The molecule has 5 heteroatoms. The number of hydrogen-bond donors (Lipinski definition) is 0. The normalized spacial score (nSPS) is 26.0. The van der Waals surface area contributed by atoms with Crippen LogP contribution in [0.1, 0.15) is 43.6 Å². The maximum absolute atomic E-state index is 12.8. The minimum absolute atomic E-state index is 0.242. The van der Waals surface area contributed by atoms with Crippen LogP contribution in [-0.2, 0) is 9.59 Å². The first-order valence-electron chi connectivity index (χ1n) is 10.3. The molecule has 3 aliphatic rings. The van der Waals surface area contributed by atoms with Crippen LogP contribution >= 0.6 is 0 Å². The van der Waals surface area contributed by atoms with E-state index in [2.05, 4.69) is 40.1 Å². The maximum Gasteiger partial charge on any atom is 0.236 e. The van der Waals surface area contributed by atoms with Gasteiger partial charge in [0.15, 0.2) is 0 Å². The summed E-state index contributed by atoms with van der Waals surface area (Å²) in [7, 11) is 1.91. The fourth-order valence-corrected chi connectivity index (χ4v) is 5.14. The molecule has 146 valence electrons. The summed E-state index contributed by atoms with van der Waals surface area (Å²) in [4.78, 5) is 30.8. The van der Waals surface area contributed by atoms with E-state index in [-0.39, 0.29) is 17.2 Å². The van der Waals surface area contributed by atoms with Gasteiger partial charge < -0.3 is 9.80 Å². The number of likely N-dealkylation sites (tertiary alicyclic amines) is 3. The van der Waals surface area contributed by atoms with Crippen molar-refractivity contribution in [1.29, 1.82) is 0 Å². The fourth-order valence-electron chi connectivity index (χ4n) is 5.14. The van der Waals surface area contributed by atoms with Gasteiger partial charge in [-0.1, -0.05) is 30.3 Å². The number of benzene rings is 1. The van der Waals surface area contributed by atoms with Gasteiger partial charge in [0, 0.05) is 39.6 Å². The van der Waals surface area contributed by atoms with Crippen LogP contribution in [0.3, 0.4) is 0 Å². The Balaban J connectivity index is 1.26. The average Bonchev–Trinajstić information content (AvgIpc) is 3.15. The Kier molecular flexibility index (Phi) is 5.22. The molecule has 1 aromatic rings. The monoisotopic (exact) mass is 369 g/mol. The second-order valence-corrected chi connectivity index (χ2v) is 8.76. The van der Waals surface area contributed by atoms with E-state index in [1.54, 1.807) is 0 Å². The van der Waals surface area contributed by atoms with Gasteiger partial charge in [0.2, 0.25) is 11.8 Å². The highest BCUT2D eigenvalue weighted by atomic mass is 16.2. The first-order chi connectivity index (χ1) is 13.0. The molecule has 3 heterocycles. The highest BCUT2D eigenvalue weighted by Crippen LogP contribution is 2.39. The predicted molar refractivity (Wildman–Crippen MR) is 105 cm³/mol. The van der Waals surface area contributed by atoms with E-state index in [4.69, 9.17) is 0 Å². The summed E-state index contributed by atoms with van der Waals surface area (Å²) in [6.45, 7) is 5.09. The molecule has 3 aliphatic heterocycles. The Bertz CT molecular complexity index is 682. The van der Waals surface area contributed by atoms with Gasteiger partial charge in [0.05, 0.1) is 6.54 Å². The van der Waals surface area contributed by atoms with Gasteiger partial charge >= 0.3 is 0 Å². The molecule has 0 bridgehead atoms. The van der Waals surface area contributed by atoms with Crippen molar-refractivity contribution in [3.05, 3.63) is 35.9 Å². The number of rotatable bonds is 3. The van der Waals surface area contributed by atoms with Gasteiger partial charge in [0.1, 0.15) is 0 Å². The molecule has 1 atom stereocenters. The van der Waals surface area contributed by atoms with Crippen molar-refractivity contribution in [2.45, 2.75) is 38.0 Å². The predicted octanol–water partition coefficient (Wildman–Crippen LogP) is 2.34. The molecule has 0 radical (unpaired) electrons. The lowest BCUT2D eigenvalue weighted by atomic mass is 9.72. The van der Waals surface area contributed by atoms with Crippen LogP contribution in [0.2, 0.25) is 0 Å². The van der Waals surface area contributed by atoms with E-state index in [9.17, 15) is 9.59 Å².